The fraction of sp³-hybridized carbons (Fsp3) is 0.619. The van der Waals surface area contributed by atoms with Gasteiger partial charge in [-0.15, -0.1) is 0 Å². The molecule has 2 rings (SSSR count). The Morgan fingerprint density at radius 1 is 1.26 bits per heavy atom. The third-order valence-corrected chi connectivity index (χ3v) is 5.05. The summed E-state index contributed by atoms with van der Waals surface area (Å²) < 4.78 is 22.0. The van der Waals surface area contributed by atoms with E-state index >= 15 is 0 Å². The van der Waals surface area contributed by atoms with Gasteiger partial charge in [0.2, 0.25) is 0 Å². The summed E-state index contributed by atoms with van der Waals surface area (Å²) in [4.78, 5) is 24.0. The van der Waals surface area contributed by atoms with Crippen LogP contribution in [0.4, 0.5) is 0 Å². The minimum absolute atomic E-state index is 0.135. The van der Waals surface area contributed by atoms with Crippen LogP contribution in [0.1, 0.15) is 54.9 Å². The number of carbonyl (C=O) groups excluding carboxylic acids is 2. The standard InChI is InChI=1S/C21H30O6/c1-15-7-4-5-8-16-9-6-10-18(25-3)20(16)21(23)27-17(11-12-22)13-19(15)26-14-24-2/h6,9-10,12,15,17,19H,4-5,7-8,11,13-14H2,1-3H3. The number of carbonyl (C=O) groups is 2. The van der Waals surface area contributed by atoms with Gasteiger partial charge in [0.15, 0.2) is 0 Å². The van der Waals surface area contributed by atoms with Crippen molar-refractivity contribution < 1.29 is 28.5 Å². The highest BCUT2D eigenvalue weighted by atomic mass is 16.7. The maximum absolute atomic E-state index is 12.9. The van der Waals surface area contributed by atoms with Gasteiger partial charge in [-0.25, -0.2) is 4.79 Å². The molecule has 0 aromatic heterocycles. The van der Waals surface area contributed by atoms with E-state index in [9.17, 15) is 9.59 Å². The molecule has 0 bridgehead atoms. The van der Waals surface area contributed by atoms with Crippen LogP contribution in [0.3, 0.4) is 0 Å². The second-order valence-electron chi connectivity index (χ2n) is 6.99. The van der Waals surface area contributed by atoms with Crippen LogP contribution in [0.15, 0.2) is 18.2 Å². The molecule has 6 nitrogen and oxygen atoms in total. The molecule has 3 unspecified atom stereocenters. The number of benzene rings is 1. The van der Waals surface area contributed by atoms with Crippen LogP contribution in [-0.2, 0) is 25.4 Å². The Bertz CT molecular complexity index is 615. The lowest BCUT2D eigenvalue weighted by atomic mass is 9.91. The van der Waals surface area contributed by atoms with Crippen molar-refractivity contribution in [2.45, 2.75) is 57.7 Å². The summed E-state index contributed by atoms with van der Waals surface area (Å²) >= 11 is 0. The maximum Gasteiger partial charge on any atom is 0.342 e. The van der Waals surface area contributed by atoms with Gasteiger partial charge in [-0.2, -0.15) is 0 Å². The number of cyclic esters (lactones) is 1. The average Bonchev–Trinajstić information content (AvgIpc) is 2.67. The van der Waals surface area contributed by atoms with Crippen LogP contribution in [0.25, 0.3) is 0 Å². The molecule has 0 saturated heterocycles. The number of rotatable bonds is 6. The molecule has 1 aliphatic heterocycles. The summed E-state index contributed by atoms with van der Waals surface area (Å²) in [6, 6.07) is 5.58. The molecule has 0 aliphatic carbocycles. The monoisotopic (exact) mass is 378 g/mol. The molecule has 0 N–H and O–H groups in total. The molecule has 1 heterocycles. The first kappa shape index (κ1) is 21.4. The molecule has 150 valence electrons. The number of esters is 1. The topological polar surface area (TPSA) is 71.1 Å². The summed E-state index contributed by atoms with van der Waals surface area (Å²) in [5, 5.41) is 0. The molecule has 0 spiro atoms. The van der Waals surface area contributed by atoms with Gasteiger partial charge in [-0.1, -0.05) is 25.5 Å². The van der Waals surface area contributed by atoms with Gasteiger partial charge >= 0.3 is 5.97 Å². The molecule has 0 saturated carbocycles. The molecular weight excluding hydrogens is 348 g/mol. The Morgan fingerprint density at radius 3 is 2.78 bits per heavy atom. The largest absolute Gasteiger partial charge is 0.496 e. The van der Waals surface area contributed by atoms with Crippen molar-refractivity contribution in [2.24, 2.45) is 5.92 Å². The van der Waals surface area contributed by atoms with Crippen LogP contribution in [0.2, 0.25) is 0 Å². The van der Waals surface area contributed by atoms with Crippen molar-refractivity contribution in [2.75, 3.05) is 21.0 Å². The first-order valence-corrected chi connectivity index (χ1v) is 9.51. The zero-order valence-electron chi connectivity index (χ0n) is 16.4. The zero-order chi connectivity index (χ0) is 19.6. The summed E-state index contributed by atoms with van der Waals surface area (Å²) in [7, 11) is 3.12. The van der Waals surface area contributed by atoms with E-state index in [2.05, 4.69) is 6.92 Å². The number of hydrogen-bond donors (Lipinski definition) is 0. The van der Waals surface area contributed by atoms with Crippen LogP contribution < -0.4 is 4.74 Å². The molecule has 1 aromatic rings. The highest BCUT2D eigenvalue weighted by Crippen LogP contribution is 2.29. The van der Waals surface area contributed by atoms with Crippen molar-refractivity contribution in [3.8, 4) is 5.75 Å². The maximum atomic E-state index is 12.9. The Kier molecular flexibility index (Phi) is 8.75. The van der Waals surface area contributed by atoms with Gasteiger partial charge in [0.1, 0.15) is 30.5 Å². The van der Waals surface area contributed by atoms with Crippen LogP contribution in [0.5, 0.6) is 5.75 Å². The molecule has 3 atom stereocenters. The smallest absolute Gasteiger partial charge is 0.342 e. The number of methoxy groups -OCH3 is 2. The van der Waals surface area contributed by atoms with Crippen LogP contribution in [0, 0.1) is 5.92 Å². The van der Waals surface area contributed by atoms with Gasteiger partial charge in [0, 0.05) is 20.0 Å². The van der Waals surface area contributed by atoms with Crippen molar-refractivity contribution in [3.05, 3.63) is 29.3 Å². The summed E-state index contributed by atoms with van der Waals surface area (Å²) in [6.45, 7) is 2.30. The van der Waals surface area contributed by atoms with Crippen molar-refractivity contribution in [1.29, 1.82) is 0 Å². The van der Waals surface area contributed by atoms with Gasteiger partial charge in [0.05, 0.1) is 13.2 Å². The van der Waals surface area contributed by atoms with Crippen LogP contribution in [-0.4, -0.2) is 45.5 Å². The minimum Gasteiger partial charge on any atom is -0.496 e. The van der Waals surface area contributed by atoms with E-state index in [0.717, 1.165) is 37.5 Å². The molecule has 0 fully saturated rings. The summed E-state index contributed by atoms with van der Waals surface area (Å²) in [6.07, 6.45) is 4.45. The van der Waals surface area contributed by atoms with Crippen molar-refractivity contribution in [1.82, 2.24) is 0 Å². The van der Waals surface area contributed by atoms with Crippen molar-refractivity contribution >= 4 is 12.3 Å². The van der Waals surface area contributed by atoms with E-state index in [4.69, 9.17) is 18.9 Å². The van der Waals surface area contributed by atoms with E-state index in [1.165, 1.54) is 7.11 Å². The second-order valence-corrected chi connectivity index (χ2v) is 6.99. The molecule has 0 radical (unpaired) electrons. The second kappa shape index (κ2) is 11.0. The fourth-order valence-electron chi connectivity index (χ4n) is 3.54. The number of ether oxygens (including phenoxy) is 4. The number of aldehydes is 1. The predicted molar refractivity (Wildman–Crippen MR) is 101 cm³/mol. The SMILES string of the molecule is COCOC1CC(CC=O)OC(=O)c2c(cccc2OC)CCCCC1C. The molecular formula is C21H30O6. The van der Waals surface area contributed by atoms with E-state index in [0.29, 0.717) is 17.7 Å². The van der Waals surface area contributed by atoms with E-state index in [1.54, 1.807) is 13.2 Å². The Balaban J connectivity index is 2.31. The van der Waals surface area contributed by atoms with E-state index in [-0.39, 0.29) is 25.2 Å². The highest BCUT2D eigenvalue weighted by Gasteiger charge is 2.28. The number of fused-ring (bicyclic) bond motifs is 1. The molecule has 1 aliphatic rings. The molecule has 1 aromatic carbocycles. The average molecular weight is 378 g/mol. The zero-order valence-corrected chi connectivity index (χ0v) is 16.4. The third kappa shape index (κ3) is 6.04. The summed E-state index contributed by atoms with van der Waals surface area (Å²) in [5.41, 5.74) is 1.38. The van der Waals surface area contributed by atoms with Gasteiger partial charge in [-0.3, -0.25) is 0 Å². The Labute approximate surface area is 161 Å². The fourth-order valence-corrected chi connectivity index (χ4v) is 3.54. The first-order valence-electron chi connectivity index (χ1n) is 9.51. The highest BCUT2D eigenvalue weighted by molar-refractivity contribution is 5.94. The lowest BCUT2D eigenvalue weighted by Crippen LogP contribution is -2.31. The first-order chi connectivity index (χ1) is 13.1. The summed E-state index contributed by atoms with van der Waals surface area (Å²) in [5.74, 6) is 0.324. The number of hydrogen-bond acceptors (Lipinski definition) is 6. The minimum atomic E-state index is -0.545. The predicted octanol–water partition coefficient (Wildman–Crippen LogP) is 3.55. The molecule has 6 heteroatoms. The molecule has 27 heavy (non-hydrogen) atoms. The Morgan fingerprint density at radius 2 is 2.07 bits per heavy atom. The molecule has 0 amide bonds. The van der Waals surface area contributed by atoms with Gasteiger partial charge in [-0.05, 0) is 36.8 Å². The normalized spacial score (nSPS) is 24.1. The van der Waals surface area contributed by atoms with Gasteiger partial charge < -0.3 is 23.7 Å². The Hall–Kier alpha value is -1.92. The van der Waals surface area contributed by atoms with Crippen molar-refractivity contribution in [3.63, 3.8) is 0 Å². The van der Waals surface area contributed by atoms with E-state index < -0.39 is 12.1 Å². The quantitative estimate of drug-likeness (QED) is 0.428. The third-order valence-electron chi connectivity index (χ3n) is 5.05. The lowest BCUT2D eigenvalue weighted by Gasteiger charge is -2.28. The van der Waals surface area contributed by atoms with Crippen LogP contribution >= 0.6 is 0 Å². The van der Waals surface area contributed by atoms with Gasteiger partial charge in [0.25, 0.3) is 0 Å². The van der Waals surface area contributed by atoms with E-state index in [1.807, 2.05) is 12.1 Å². The number of aryl methyl sites for hydroxylation is 1. The lowest BCUT2D eigenvalue weighted by molar-refractivity contribution is -0.114.